The normalized spacial score (nSPS) is 15.1. The van der Waals surface area contributed by atoms with Crippen LogP contribution in [0, 0.1) is 19.3 Å². The zero-order valence-electron chi connectivity index (χ0n) is 15.4. The van der Waals surface area contributed by atoms with Crippen molar-refractivity contribution in [2.45, 2.75) is 26.3 Å². The summed E-state index contributed by atoms with van der Waals surface area (Å²) in [4.78, 5) is 20.1. The molecule has 1 atom stereocenters. The van der Waals surface area contributed by atoms with Crippen LogP contribution in [0.3, 0.4) is 0 Å². The van der Waals surface area contributed by atoms with Crippen LogP contribution >= 0.6 is 0 Å². The number of aromatic nitrogens is 1. The number of hydrogen-bond donors (Lipinski definition) is 0. The number of carbonyl (C=O) groups excluding carboxylic acids is 1. The molecule has 28 heavy (non-hydrogen) atoms. The number of Topliss-reactive ketones (excluding diaryl/α,β-unsaturated/α-hetero) is 1. The number of hydrogen-bond acceptors (Lipinski definition) is 4. The van der Waals surface area contributed by atoms with Crippen molar-refractivity contribution in [2.75, 3.05) is 0 Å². The Balaban J connectivity index is 2.00. The Morgan fingerprint density at radius 3 is 2.64 bits per heavy atom. The highest BCUT2D eigenvalue weighted by atomic mass is 19.1. The molecular formula is C22H16FN3O2. The standard InChI is InChI=1S/C22H16FN3O2/c1-12(27)10-19-22-20(13(2)26-28-22)17-9-6-15(23)11-18(17)21(25-19)14-4-7-16(24-3)8-5-14/h4-9,11,19H,10H2,1-2H3/t19-/m0/s1. The largest absolute Gasteiger partial charge is 0.358 e. The minimum absolute atomic E-state index is 0.0337. The van der Waals surface area contributed by atoms with Gasteiger partial charge in [0.2, 0.25) is 0 Å². The predicted octanol–water partition coefficient (Wildman–Crippen LogP) is 5.21. The summed E-state index contributed by atoms with van der Waals surface area (Å²) in [7, 11) is 0. The monoisotopic (exact) mass is 373 g/mol. The van der Waals surface area contributed by atoms with Crippen LogP contribution in [0.25, 0.3) is 16.0 Å². The Morgan fingerprint density at radius 1 is 1.21 bits per heavy atom. The zero-order chi connectivity index (χ0) is 19.8. The lowest BCUT2D eigenvalue weighted by Gasteiger charge is -2.12. The van der Waals surface area contributed by atoms with Crippen LogP contribution < -0.4 is 0 Å². The van der Waals surface area contributed by atoms with Gasteiger partial charge in [0.25, 0.3) is 0 Å². The van der Waals surface area contributed by atoms with E-state index in [1.165, 1.54) is 19.1 Å². The second-order valence-electron chi connectivity index (χ2n) is 6.76. The molecule has 0 radical (unpaired) electrons. The minimum Gasteiger partial charge on any atom is -0.358 e. The molecule has 6 heteroatoms. The molecule has 0 N–H and O–H groups in total. The van der Waals surface area contributed by atoms with Crippen LogP contribution in [0.2, 0.25) is 0 Å². The lowest BCUT2D eigenvalue weighted by molar-refractivity contribution is -0.117. The van der Waals surface area contributed by atoms with Crippen LogP contribution in [-0.2, 0) is 4.79 Å². The number of nitrogens with zero attached hydrogens (tertiary/aromatic N) is 3. The highest BCUT2D eigenvalue weighted by molar-refractivity contribution is 6.17. The minimum atomic E-state index is -0.556. The molecule has 1 aliphatic rings. The molecule has 0 fully saturated rings. The molecular weight excluding hydrogens is 357 g/mol. The second-order valence-corrected chi connectivity index (χ2v) is 6.76. The van der Waals surface area contributed by atoms with E-state index in [0.717, 1.165) is 16.7 Å². The summed E-state index contributed by atoms with van der Waals surface area (Å²) in [5.41, 5.74) is 4.58. The van der Waals surface area contributed by atoms with E-state index < -0.39 is 6.04 Å². The fourth-order valence-electron chi connectivity index (χ4n) is 3.49. The number of carbonyl (C=O) groups is 1. The Kier molecular flexibility index (Phi) is 4.36. The average Bonchev–Trinajstić information content (AvgIpc) is 3.00. The van der Waals surface area contributed by atoms with E-state index in [1.54, 1.807) is 30.3 Å². The molecule has 2 heterocycles. The van der Waals surface area contributed by atoms with Crippen molar-refractivity contribution < 1.29 is 13.7 Å². The van der Waals surface area contributed by atoms with Crippen LogP contribution in [0.4, 0.5) is 10.1 Å². The zero-order valence-corrected chi connectivity index (χ0v) is 15.4. The molecule has 3 aromatic rings. The van der Waals surface area contributed by atoms with Crippen molar-refractivity contribution >= 4 is 17.2 Å². The molecule has 0 bridgehead atoms. The van der Waals surface area contributed by atoms with Crippen LogP contribution in [-0.4, -0.2) is 16.7 Å². The number of rotatable bonds is 3. The highest BCUT2D eigenvalue weighted by Crippen LogP contribution is 2.41. The van der Waals surface area contributed by atoms with E-state index in [2.05, 4.69) is 10.0 Å². The molecule has 2 aromatic carbocycles. The first kappa shape index (κ1) is 17.8. The van der Waals surface area contributed by atoms with Crippen LogP contribution in [0.15, 0.2) is 52.0 Å². The molecule has 0 saturated carbocycles. The van der Waals surface area contributed by atoms with Crippen molar-refractivity contribution in [2.24, 2.45) is 4.99 Å². The maximum absolute atomic E-state index is 14.2. The second kappa shape index (κ2) is 6.86. The van der Waals surface area contributed by atoms with Crippen LogP contribution in [0.1, 0.15) is 42.0 Å². The van der Waals surface area contributed by atoms with E-state index in [0.29, 0.717) is 28.4 Å². The Labute approximate surface area is 161 Å². The average molecular weight is 373 g/mol. The Bertz CT molecular complexity index is 1150. The van der Waals surface area contributed by atoms with Crippen molar-refractivity contribution in [1.29, 1.82) is 0 Å². The van der Waals surface area contributed by atoms with Crippen molar-refractivity contribution in [3.05, 3.63) is 82.3 Å². The summed E-state index contributed by atoms with van der Waals surface area (Å²) in [6.45, 7) is 10.4. The molecule has 0 saturated heterocycles. The summed E-state index contributed by atoms with van der Waals surface area (Å²) >= 11 is 0. The fourth-order valence-corrected chi connectivity index (χ4v) is 3.49. The lowest BCUT2D eigenvalue weighted by Crippen LogP contribution is -2.08. The van der Waals surface area contributed by atoms with Crippen LogP contribution in [0.5, 0.6) is 0 Å². The van der Waals surface area contributed by atoms with Crippen molar-refractivity contribution in [3.8, 4) is 11.1 Å². The van der Waals surface area contributed by atoms with Gasteiger partial charge in [0, 0.05) is 12.0 Å². The third-order valence-corrected chi connectivity index (χ3v) is 4.73. The maximum atomic E-state index is 14.2. The molecule has 5 nitrogen and oxygen atoms in total. The number of fused-ring (bicyclic) bond motifs is 3. The SMILES string of the molecule is [C-]#[N+]c1ccc(C2=N[C@@H](CC(C)=O)c3onc(C)c3-c3ccc(F)cc32)cc1. The summed E-state index contributed by atoms with van der Waals surface area (Å²) in [5, 5.41) is 4.06. The molecule has 0 amide bonds. The first-order chi connectivity index (χ1) is 13.5. The summed E-state index contributed by atoms with van der Waals surface area (Å²) in [6.07, 6.45) is 0.155. The first-order valence-corrected chi connectivity index (χ1v) is 8.79. The van der Waals surface area contributed by atoms with Crippen molar-refractivity contribution in [3.63, 3.8) is 0 Å². The molecule has 138 valence electrons. The van der Waals surface area contributed by atoms with E-state index >= 15 is 0 Å². The fraction of sp³-hybridized carbons (Fsp3) is 0.182. The first-order valence-electron chi connectivity index (χ1n) is 8.79. The maximum Gasteiger partial charge on any atom is 0.187 e. The van der Waals surface area contributed by atoms with Gasteiger partial charge in [-0.05, 0) is 37.1 Å². The van der Waals surface area contributed by atoms with Gasteiger partial charge in [0.15, 0.2) is 11.4 Å². The van der Waals surface area contributed by atoms with Gasteiger partial charge in [-0.25, -0.2) is 9.24 Å². The predicted molar refractivity (Wildman–Crippen MR) is 103 cm³/mol. The number of ketones is 1. The van der Waals surface area contributed by atoms with E-state index in [1.807, 2.05) is 6.92 Å². The van der Waals surface area contributed by atoms with Gasteiger partial charge in [-0.2, -0.15) is 0 Å². The molecule has 0 unspecified atom stereocenters. The summed E-state index contributed by atoms with van der Waals surface area (Å²) in [5.74, 6) is 0.0897. The highest BCUT2D eigenvalue weighted by Gasteiger charge is 2.31. The lowest BCUT2D eigenvalue weighted by atomic mass is 9.92. The summed E-state index contributed by atoms with van der Waals surface area (Å²) in [6, 6.07) is 10.9. The number of aliphatic imine (C=N–C) groups is 1. The van der Waals surface area contributed by atoms with Gasteiger partial charge in [-0.1, -0.05) is 35.5 Å². The number of halogens is 1. The molecule has 1 aromatic heterocycles. The molecule has 0 aliphatic carbocycles. The van der Waals surface area contributed by atoms with Gasteiger partial charge in [0.05, 0.1) is 23.5 Å². The van der Waals surface area contributed by atoms with Crippen molar-refractivity contribution in [1.82, 2.24) is 5.16 Å². The Hall–Kier alpha value is -3.59. The van der Waals surface area contributed by atoms with Gasteiger partial charge in [-0.15, -0.1) is 0 Å². The quantitative estimate of drug-likeness (QED) is 0.592. The molecule has 0 spiro atoms. The number of aryl methyl sites for hydroxylation is 1. The molecule has 1 aliphatic heterocycles. The van der Waals surface area contributed by atoms with E-state index in [4.69, 9.17) is 16.1 Å². The summed E-state index contributed by atoms with van der Waals surface area (Å²) < 4.78 is 19.7. The van der Waals surface area contributed by atoms with E-state index in [9.17, 15) is 9.18 Å². The molecule has 4 rings (SSSR count). The Morgan fingerprint density at radius 2 is 1.96 bits per heavy atom. The topological polar surface area (TPSA) is 59.8 Å². The van der Waals surface area contributed by atoms with Gasteiger partial charge < -0.3 is 4.52 Å². The smallest absolute Gasteiger partial charge is 0.187 e. The third kappa shape index (κ3) is 3.01. The van der Waals surface area contributed by atoms with Gasteiger partial charge >= 0.3 is 0 Å². The van der Waals surface area contributed by atoms with Gasteiger partial charge in [0.1, 0.15) is 17.6 Å². The third-order valence-electron chi connectivity index (χ3n) is 4.73. The number of benzene rings is 2. The van der Waals surface area contributed by atoms with E-state index in [-0.39, 0.29) is 18.0 Å². The van der Waals surface area contributed by atoms with Gasteiger partial charge in [-0.3, -0.25) is 9.79 Å².